The monoisotopic (exact) mass is 231 g/mol. The third-order valence-electron chi connectivity index (χ3n) is 1.32. The van der Waals surface area contributed by atoms with E-state index in [1.54, 1.807) is 0 Å². The van der Waals surface area contributed by atoms with Gasteiger partial charge in [0, 0.05) is 4.47 Å². The van der Waals surface area contributed by atoms with Crippen molar-refractivity contribution >= 4 is 33.0 Å². The second-order valence-corrected chi connectivity index (χ2v) is 3.11. The van der Waals surface area contributed by atoms with Crippen molar-refractivity contribution in [2.75, 3.05) is 11.5 Å². The Hall–Kier alpha value is -1.30. The van der Waals surface area contributed by atoms with Gasteiger partial charge in [0.2, 0.25) is 0 Å². The predicted molar refractivity (Wildman–Crippen MR) is 49.6 cm³/mol. The van der Waals surface area contributed by atoms with Crippen LogP contribution in [-0.2, 0) is 0 Å². The maximum absolute atomic E-state index is 10.4. The lowest BCUT2D eigenvalue weighted by Crippen LogP contribution is -2.00. The highest BCUT2D eigenvalue weighted by Crippen LogP contribution is 2.31. The number of hydrogen-bond acceptors (Lipinski definition) is 4. The number of nitro benzene ring substituents is 1. The van der Waals surface area contributed by atoms with Gasteiger partial charge in [-0.05, 0) is 12.1 Å². The van der Waals surface area contributed by atoms with E-state index in [1.807, 2.05) is 0 Å². The Balaban J connectivity index is 3.38. The van der Waals surface area contributed by atoms with E-state index in [1.165, 1.54) is 12.1 Å². The van der Waals surface area contributed by atoms with Crippen molar-refractivity contribution < 1.29 is 4.92 Å². The zero-order valence-electron chi connectivity index (χ0n) is 5.95. The summed E-state index contributed by atoms with van der Waals surface area (Å²) in [6.45, 7) is 0. The molecule has 0 aliphatic carbocycles. The normalized spacial score (nSPS) is 9.75. The van der Waals surface area contributed by atoms with Crippen molar-refractivity contribution in [3.8, 4) is 0 Å². The predicted octanol–water partition coefficient (Wildman–Crippen LogP) is 1.52. The average Bonchev–Trinajstić information content (AvgIpc) is 1.82. The number of nitro groups is 1. The molecule has 1 aromatic rings. The number of halogens is 1. The van der Waals surface area contributed by atoms with E-state index in [0.717, 1.165) is 0 Å². The highest BCUT2D eigenvalue weighted by molar-refractivity contribution is 9.10. The van der Waals surface area contributed by atoms with Gasteiger partial charge in [-0.1, -0.05) is 15.9 Å². The van der Waals surface area contributed by atoms with E-state index in [0.29, 0.717) is 4.47 Å². The van der Waals surface area contributed by atoms with Crippen LogP contribution in [0.2, 0.25) is 0 Å². The summed E-state index contributed by atoms with van der Waals surface area (Å²) in [5.41, 5.74) is 10.6. The first kappa shape index (κ1) is 8.79. The molecule has 0 fully saturated rings. The van der Waals surface area contributed by atoms with E-state index in [-0.39, 0.29) is 17.1 Å². The number of anilines is 2. The molecule has 0 aromatic heterocycles. The van der Waals surface area contributed by atoms with Crippen LogP contribution in [0.15, 0.2) is 16.6 Å². The van der Waals surface area contributed by atoms with Crippen molar-refractivity contribution in [3.05, 3.63) is 26.7 Å². The Kier molecular flexibility index (Phi) is 2.18. The molecule has 0 radical (unpaired) electrons. The molecule has 0 aliphatic rings. The second-order valence-electron chi connectivity index (χ2n) is 2.19. The maximum atomic E-state index is 10.4. The van der Waals surface area contributed by atoms with Gasteiger partial charge < -0.3 is 11.5 Å². The third kappa shape index (κ3) is 1.48. The molecule has 0 atom stereocenters. The van der Waals surface area contributed by atoms with Gasteiger partial charge in [-0.15, -0.1) is 0 Å². The highest BCUT2D eigenvalue weighted by Gasteiger charge is 2.16. The van der Waals surface area contributed by atoms with Gasteiger partial charge in [-0.25, -0.2) is 0 Å². The molecule has 0 bridgehead atoms. The minimum absolute atomic E-state index is 0.0619. The van der Waals surface area contributed by atoms with Crippen molar-refractivity contribution in [3.63, 3.8) is 0 Å². The molecule has 0 saturated heterocycles. The topological polar surface area (TPSA) is 95.2 Å². The SMILES string of the molecule is Nc1cc(Br)cc(N)c1[N+](=O)[O-]. The number of rotatable bonds is 1. The average molecular weight is 232 g/mol. The summed E-state index contributed by atoms with van der Waals surface area (Å²) in [4.78, 5) is 9.78. The smallest absolute Gasteiger partial charge is 0.314 e. The Labute approximate surface area is 76.6 Å². The van der Waals surface area contributed by atoms with Crippen LogP contribution in [0, 0.1) is 10.1 Å². The van der Waals surface area contributed by atoms with Gasteiger partial charge in [-0.3, -0.25) is 10.1 Å². The van der Waals surface area contributed by atoms with Crippen LogP contribution < -0.4 is 11.5 Å². The second kappa shape index (κ2) is 2.98. The third-order valence-corrected chi connectivity index (χ3v) is 1.77. The first-order chi connectivity index (χ1) is 5.52. The van der Waals surface area contributed by atoms with Crippen LogP contribution in [0.5, 0.6) is 0 Å². The quantitative estimate of drug-likeness (QED) is 0.435. The Morgan fingerprint density at radius 3 is 2.08 bits per heavy atom. The molecule has 0 heterocycles. The van der Waals surface area contributed by atoms with E-state index in [9.17, 15) is 10.1 Å². The van der Waals surface area contributed by atoms with Gasteiger partial charge in [0.05, 0.1) is 4.92 Å². The van der Waals surface area contributed by atoms with Crippen molar-refractivity contribution in [2.24, 2.45) is 0 Å². The fraction of sp³-hybridized carbons (Fsp3) is 0. The standard InChI is InChI=1S/C6H6BrN3O2/c7-3-1-4(8)6(10(11)12)5(9)2-3/h1-2H,8-9H2. The van der Waals surface area contributed by atoms with Crippen LogP contribution >= 0.6 is 15.9 Å². The molecule has 1 rings (SSSR count). The summed E-state index contributed by atoms with van der Waals surface area (Å²) in [6.07, 6.45) is 0. The number of benzene rings is 1. The molecule has 64 valence electrons. The van der Waals surface area contributed by atoms with Crippen molar-refractivity contribution in [2.45, 2.75) is 0 Å². The van der Waals surface area contributed by atoms with Crippen LogP contribution in [-0.4, -0.2) is 4.92 Å². The number of nitrogens with two attached hydrogens (primary N) is 2. The summed E-state index contributed by atoms with van der Waals surface area (Å²) < 4.78 is 0.628. The maximum Gasteiger partial charge on any atom is 0.314 e. The van der Waals surface area contributed by atoms with Crippen LogP contribution in [0.1, 0.15) is 0 Å². The van der Waals surface area contributed by atoms with Crippen LogP contribution in [0.25, 0.3) is 0 Å². The van der Waals surface area contributed by atoms with E-state index < -0.39 is 4.92 Å². The van der Waals surface area contributed by atoms with Crippen molar-refractivity contribution in [1.82, 2.24) is 0 Å². The minimum atomic E-state index is -0.600. The van der Waals surface area contributed by atoms with Gasteiger partial charge in [0.15, 0.2) is 0 Å². The molecule has 12 heavy (non-hydrogen) atoms. The first-order valence-electron chi connectivity index (χ1n) is 3.01. The summed E-state index contributed by atoms with van der Waals surface area (Å²) >= 11 is 3.11. The minimum Gasteiger partial charge on any atom is -0.393 e. The first-order valence-corrected chi connectivity index (χ1v) is 3.80. The lowest BCUT2D eigenvalue weighted by atomic mass is 10.2. The van der Waals surface area contributed by atoms with Crippen LogP contribution in [0.3, 0.4) is 0 Å². The highest BCUT2D eigenvalue weighted by atomic mass is 79.9. The zero-order valence-corrected chi connectivity index (χ0v) is 7.54. The fourth-order valence-corrected chi connectivity index (χ4v) is 1.35. The molecular formula is C6H6BrN3O2. The lowest BCUT2D eigenvalue weighted by molar-refractivity contribution is -0.383. The van der Waals surface area contributed by atoms with E-state index >= 15 is 0 Å². The zero-order chi connectivity index (χ0) is 9.30. The van der Waals surface area contributed by atoms with Crippen molar-refractivity contribution in [1.29, 1.82) is 0 Å². The number of nitrogen functional groups attached to an aromatic ring is 2. The lowest BCUT2D eigenvalue weighted by Gasteiger charge is -2.00. The summed E-state index contributed by atoms with van der Waals surface area (Å²) in [7, 11) is 0. The van der Waals surface area contributed by atoms with Crippen LogP contribution in [0.4, 0.5) is 17.1 Å². The summed E-state index contributed by atoms with van der Waals surface area (Å²) in [6, 6.07) is 2.88. The Morgan fingerprint density at radius 2 is 1.75 bits per heavy atom. The van der Waals surface area contributed by atoms with E-state index in [4.69, 9.17) is 11.5 Å². The largest absolute Gasteiger partial charge is 0.393 e. The number of hydrogen-bond donors (Lipinski definition) is 2. The molecule has 4 N–H and O–H groups in total. The number of nitrogens with zero attached hydrogens (tertiary/aromatic N) is 1. The molecule has 0 saturated carbocycles. The van der Waals surface area contributed by atoms with Gasteiger partial charge in [0.1, 0.15) is 11.4 Å². The van der Waals surface area contributed by atoms with E-state index in [2.05, 4.69) is 15.9 Å². The van der Waals surface area contributed by atoms with Gasteiger partial charge >= 0.3 is 5.69 Å². The van der Waals surface area contributed by atoms with Gasteiger partial charge in [-0.2, -0.15) is 0 Å². The fourth-order valence-electron chi connectivity index (χ4n) is 0.853. The molecule has 0 spiro atoms. The molecule has 0 aliphatic heterocycles. The van der Waals surface area contributed by atoms with Gasteiger partial charge in [0.25, 0.3) is 0 Å². The molecular weight excluding hydrogens is 226 g/mol. The summed E-state index contributed by atoms with van der Waals surface area (Å²) in [5.74, 6) is 0. The molecule has 6 heteroatoms. The molecule has 5 nitrogen and oxygen atoms in total. The summed E-state index contributed by atoms with van der Waals surface area (Å²) in [5, 5.41) is 10.4. The molecule has 0 amide bonds. The molecule has 1 aromatic carbocycles. The molecule has 0 unspecified atom stereocenters. The Bertz CT molecular complexity index is 317. The Morgan fingerprint density at radius 1 is 1.33 bits per heavy atom.